The molecule has 2 aromatic heterocycles. The molecule has 0 bridgehead atoms. The second kappa shape index (κ2) is 8.94. The number of likely N-dealkylation sites (tertiary alicyclic amines) is 1. The summed E-state index contributed by atoms with van der Waals surface area (Å²) in [6.07, 6.45) is 4.28. The summed E-state index contributed by atoms with van der Waals surface area (Å²) < 4.78 is 21.4. The Morgan fingerprint density at radius 1 is 1.26 bits per heavy atom. The predicted molar refractivity (Wildman–Crippen MR) is 130 cm³/mol. The van der Waals surface area contributed by atoms with Gasteiger partial charge in [0, 0.05) is 31.2 Å². The van der Waals surface area contributed by atoms with Gasteiger partial charge in [0.15, 0.2) is 0 Å². The highest BCUT2D eigenvalue weighted by molar-refractivity contribution is 6.09. The fraction of sp³-hybridized carbons (Fsp3) is 0.462. The van der Waals surface area contributed by atoms with Crippen LogP contribution in [0.1, 0.15) is 54.7 Å². The van der Waals surface area contributed by atoms with Gasteiger partial charge >= 0.3 is 0 Å². The molecule has 2 amide bonds. The number of nitrogens with one attached hydrogen (secondary N) is 2. The number of amides is 2. The normalized spacial score (nSPS) is 19.9. The standard InChI is InChI=1S/C26H30FN5O3/c1-13-5-8-19(35-11-17-6-7-17)21(22(13)27)24-25-23(28-12-29-24)20(15(3)30-25)26(34)31-18-9-14(2)32(10-18)16(4)33/h5,8,12,14,17-18,30H,6-7,9-11H2,1-4H3,(H,31,34)/t14-,18+/m1/s1. The molecule has 2 fully saturated rings. The van der Waals surface area contributed by atoms with Gasteiger partial charge in [-0.3, -0.25) is 9.59 Å². The number of carbonyl (C=O) groups is 2. The molecule has 0 radical (unpaired) electrons. The van der Waals surface area contributed by atoms with Crippen molar-refractivity contribution in [2.24, 2.45) is 5.92 Å². The molecule has 1 aliphatic heterocycles. The molecule has 35 heavy (non-hydrogen) atoms. The van der Waals surface area contributed by atoms with Gasteiger partial charge in [0.05, 0.1) is 23.3 Å². The van der Waals surface area contributed by atoms with Crippen molar-refractivity contribution in [3.05, 3.63) is 41.1 Å². The van der Waals surface area contributed by atoms with Crippen LogP contribution in [-0.4, -0.2) is 56.9 Å². The molecule has 1 aliphatic carbocycles. The molecule has 8 nitrogen and oxygen atoms in total. The minimum atomic E-state index is -0.402. The second-order valence-electron chi connectivity index (χ2n) is 9.82. The molecule has 0 unspecified atom stereocenters. The largest absolute Gasteiger partial charge is 0.492 e. The minimum absolute atomic E-state index is 0.00482. The number of nitrogens with zero attached hydrogens (tertiary/aromatic N) is 3. The number of fused-ring (bicyclic) bond motifs is 1. The number of benzene rings is 1. The third-order valence-electron chi connectivity index (χ3n) is 7.02. The molecule has 9 heteroatoms. The first kappa shape index (κ1) is 23.3. The summed E-state index contributed by atoms with van der Waals surface area (Å²) in [7, 11) is 0. The van der Waals surface area contributed by atoms with Gasteiger partial charge in [0.1, 0.15) is 29.1 Å². The Bertz CT molecular complexity index is 1320. The number of aryl methyl sites for hydroxylation is 2. The van der Waals surface area contributed by atoms with E-state index in [-0.39, 0.29) is 29.5 Å². The fourth-order valence-electron chi connectivity index (χ4n) is 4.92. The minimum Gasteiger partial charge on any atom is -0.492 e. The Balaban J connectivity index is 1.50. The Hall–Kier alpha value is -3.49. The number of carbonyl (C=O) groups excluding carboxylic acids is 2. The van der Waals surface area contributed by atoms with Crippen LogP contribution in [0.5, 0.6) is 5.75 Å². The third kappa shape index (κ3) is 4.35. The first-order valence-corrected chi connectivity index (χ1v) is 12.1. The van der Waals surface area contributed by atoms with Crippen molar-refractivity contribution in [1.29, 1.82) is 0 Å². The molecule has 2 aliphatic rings. The van der Waals surface area contributed by atoms with Crippen LogP contribution in [0.3, 0.4) is 0 Å². The molecular formula is C26H30FN5O3. The molecule has 3 aromatic rings. The molecular weight excluding hydrogens is 449 g/mol. The van der Waals surface area contributed by atoms with Crippen LogP contribution in [0.15, 0.2) is 18.5 Å². The molecule has 2 N–H and O–H groups in total. The average Bonchev–Trinajstić information content (AvgIpc) is 3.47. The van der Waals surface area contributed by atoms with Crippen LogP contribution in [0, 0.1) is 25.6 Å². The maximum absolute atomic E-state index is 15.4. The first-order chi connectivity index (χ1) is 16.7. The van der Waals surface area contributed by atoms with Crippen molar-refractivity contribution >= 4 is 22.8 Å². The number of H-pyrrole nitrogens is 1. The molecule has 1 aromatic carbocycles. The summed E-state index contributed by atoms with van der Waals surface area (Å²) in [5, 5.41) is 3.05. The Kier molecular flexibility index (Phi) is 5.94. The smallest absolute Gasteiger partial charge is 0.255 e. The number of hydrogen-bond acceptors (Lipinski definition) is 5. The average molecular weight is 480 g/mol. The van der Waals surface area contributed by atoms with Crippen molar-refractivity contribution < 1.29 is 18.7 Å². The lowest BCUT2D eigenvalue weighted by atomic mass is 10.0. The topological polar surface area (TPSA) is 100 Å². The lowest BCUT2D eigenvalue weighted by molar-refractivity contribution is -0.129. The van der Waals surface area contributed by atoms with Crippen LogP contribution in [0.2, 0.25) is 0 Å². The predicted octanol–water partition coefficient (Wildman–Crippen LogP) is 3.91. The number of aromatic amines is 1. The zero-order valence-corrected chi connectivity index (χ0v) is 20.4. The van der Waals surface area contributed by atoms with Crippen molar-refractivity contribution in [2.45, 2.75) is 59.0 Å². The molecule has 184 valence electrons. The zero-order valence-electron chi connectivity index (χ0n) is 20.4. The van der Waals surface area contributed by atoms with E-state index in [1.54, 1.807) is 30.9 Å². The summed E-state index contributed by atoms with van der Waals surface area (Å²) in [5.41, 5.74) is 3.04. The van der Waals surface area contributed by atoms with Crippen LogP contribution in [-0.2, 0) is 4.79 Å². The van der Waals surface area contributed by atoms with E-state index < -0.39 is 5.82 Å². The number of halogens is 1. The summed E-state index contributed by atoms with van der Waals surface area (Å²) in [6, 6.07) is 3.39. The van der Waals surface area contributed by atoms with Crippen LogP contribution in [0.4, 0.5) is 4.39 Å². The number of aromatic nitrogens is 3. The van der Waals surface area contributed by atoms with Gasteiger partial charge in [-0.1, -0.05) is 6.07 Å². The van der Waals surface area contributed by atoms with E-state index in [0.29, 0.717) is 64.8 Å². The van der Waals surface area contributed by atoms with Crippen LogP contribution >= 0.6 is 0 Å². The van der Waals surface area contributed by atoms with Gasteiger partial charge in [-0.25, -0.2) is 14.4 Å². The van der Waals surface area contributed by atoms with E-state index >= 15 is 4.39 Å². The van der Waals surface area contributed by atoms with Crippen molar-refractivity contribution in [3.8, 4) is 17.0 Å². The summed E-state index contributed by atoms with van der Waals surface area (Å²) in [5.74, 6) is 0.256. The van der Waals surface area contributed by atoms with Gasteiger partial charge in [-0.05, 0) is 57.6 Å². The highest BCUT2D eigenvalue weighted by Gasteiger charge is 2.33. The van der Waals surface area contributed by atoms with Crippen molar-refractivity contribution in [1.82, 2.24) is 25.2 Å². The highest BCUT2D eigenvalue weighted by Crippen LogP contribution is 2.39. The number of hydrogen-bond donors (Lipinski definition) is 2. The molecule has 0 spiro atoms. The molecule has 2 atom stereocenters. The summed E-state index contributed by atoms with van der Waals surface area (Å²) in [6.45, 7) is 8.02. The molecule has 5 rings (SSSR count). The van der Waals surface area contributed by atoms with E-state index in [1.165, 1.54) is 13.3 Å². The first-order valence-electron chi connectivity index (χ1n) is 12.1. The van der Waals surface area contributed by atoms with E-state index in [1.807, 2.05) is 6.92 Å². The summed E-state index contributed by atoms with van der Waals surface area (Å²) >= 11 is 0. The SMILES string of the molecule is CC(=O)N1C[C@@H](NC(=O)c2c(C)[nH]c3c(-c4c(OCC5CC5)ccc(C)c4F)ncnc23)C[C@H]1C. The van der Waals surface area contributed by atoms with E-state index in [9.17, 15) is 9.59 Å². The van der Waals surface area contributed by atoms with E-state index in [0.717, 1.165) is 12.8 Å². The lowest BCUT2D eigenvalue weighted by Gasteiger charge is -2.18. The van der Waals surface area contributed by atoms with Crippen LogP contribution < -0.4 is 10.1 Å². The summed E-state index contributed by atoms with van der Waals surface area (Å²) in [4.78, 5) is 38.9. The highest BCUT2D eigenvalue weighted by atomic mass is 19.1. The maximum Gasteiger partial charge on any atom is 0.255 e. The van der Waals surface area contributed by atoms with Crippen LogP contribution in [0.25, 0.3) is 22.3 Å². The number of ether oxygens (including phenoxy) is 1. The van der Waals surface area contributed by atoms with E-state index in [4.69, 9.17) is 4.74 Å². The molecule has 1 saturated carbocycles. The Morgan fingerprint density at radius 3 is 2.71 bits per heavy atom. The third-order valence-corrected chi connectivity index (χ3v) is 7.02. The van der Waals surface area contributed by atoms with Gasteiger partial charge < -0.3 is 19.9 Å². The van der Waals surface area contributed by atoms with Gasteiger partial charge in [0.25, 0.3) is 5.91 Å². The van der Waals surface area contributed by atoms with E-state index in [2.05, 4.69) is 20.3 Å². The molecule has 3 heterocycles. The van der Waals surface area contributed by atoms with Gasteiger partial charge in [0.2, 0.25) is 5.91 Å². The monoisotopic (exact) mass is 479 g/mol. The Labute approximate surface area is 203 Å². The zero-order chi connectivity index (χ0) is 24.9. The quantitative estimate of drug-likeness (QED) is 0.558. The van der Waals surface area contributed by atoms with Gasteiger partial charge in [-0.2, -0.15) is 0 Å². The lowest BCUT2D eigenvalue weighted by Crippen LogP contribution is -2.38. The van der Waals surface area contributed by atoms with Gasteiger partial charge in [-0.15, -0.1) is 0 Å². The fourth-order valence-corrected chi connectivity index (χ4v) is 4.92. The molecule has 1 saturated heterocycles. The second-order valence-corrected chi connectivity index (χ2v) is 9.82. The number of rotatable bonds is 6. The Morgan fingerprint density at radius 2 is 2.03 bits per heavy atom. The van der Waals surface area contributed by atoms with Crippen molar-refractivity contribution in [2.75, 3.05) is 13.2 Å². The van der Waals surface area contributed by atoms with Crippen molar-refractivity contribution in [3.63, 3.8) is 0 Å². The maximum atomic E-state index is 15.4.